The Morgan fingerprint density at radius 1 is 1.33 bits per heavy atom. The molecule has 0 radical (unpaired) electrons. The predicted octanol–water partition coefficient (Wildman–Crippen LogP) is 2.89. The summed E-state index contributed by atoms with van der Waals surface area (Å²) in [5.41, 5.74) is 1.11. The average Bonchev–Trinajstić information content (AvgIpc) is 3.31. The molecule has 1 aliphatic heterocycles. The van der Waals surface area contributed by atoms with Crippen LogP contribution in [0, 0.1) is 5.41 Å². The van der Waals surface area contributed by atoms with Gasteiger partial charge in [-0.05, 0) is 56.2 Å². The molecule has 1 unspecified atom stereocenters. The van der Waals surface area contributed by atoms with Gasteiger partial charge in [-0.15, -0.1) is 0 Å². The van der Waals surface area contributed by atoms with Crippen LogP contribution in [0.3, 0.4) is 0 Å². The van der Waals surface area contributed by atoms with Crippen LogP contribution in [0.25, 0.3) is 0 Å². The smallest absolute Gasteiger partial charge is 0.311 e. The van der Waals surface area contributed by atoms with Gasteiger partial charge in [-0.2, -0.15) is 0 Å². The number of nitrogens with zero attached hydrogens (tertiary/aromatic N) is 1. The number of aliphatic carboxylic acids is 1. The molecule has 0 aromatic heterocycles. The third kappa shape index (κ3) is 2.80. The maximum absolute atomic E-state index is 12.6. The molecule has 0 bridgehead atoms. The Bertz CT molecular complexity index is 579. The summed E-state index contributed by atoms with van der Waals surface area (Å²) in [6.45, 7) is 2.68. The van der Waals surface area contributed by atoms with Crippen LogP contribution >= 0.6 is 0 Å². The normalized spacial score (nSPS) is 25.7. The highest BCUT2D eigenvalue weighted by molar-refractivity contribution is 5.95. The van der Waals surface area contributed by atoms with Crippen molar-refractivity contribution in [3.63, 3.8) is 0 Å². The van der Waals surface area contributed by atoms with E-state index in [-0.39, 0.29) is 5.91 Å². The lowest BCUT2D eigenvalue weighted by molar-refractivity contribution is -0.150. The zero-order chi connectivity index (χ0) is 15.0. The van der Waals surface area contributed by atoms with Gasteiger partial charge in [-0.1, -0.05) is 12.1 Å². The molecule has 21 heavy (non-hydrogen) atoms. The van der Waals surface area contributed by atoms with Gasteiger partial charge in [0, 0.05) is 18.7 Å². The van der Waals surface area contributed by atoms with Crippen LogP contribution < -0.4 is 0 Å². The fourth-order valence-corrected chi connectivity index (χ4v) is 3.11. The van der Waals surface area contributed by atoms with Crippen LogP contribution in [-0.2, 0) is 4.79 Å². The van der Waals surface area contributed by atoms with Crippen LogP contribution in [0.5, 0.6) is 0 Å². The molecule has 4 heteroatoms. The van der Waals surface area contributed by atoms with Gasteiger partial charge >= 0.3 is 5.97 Å². The van der Waals surface area contributed by atoms with Crippen LogP contribution in [-0.4, -0.2) is 35.0 Å². The fraction of sp³-hybridized carbons (Fsp3) is 0.529. The summed E-state index contributed by atoms with van der Waals surface area (Å²) in [6, 6.07) is 7.82. The molecule has 3 rings (SSSR count). The first kappa shape index (κ1) is 14.1. The van der Waals surface area contributed by atoms with Crippen LogP contribution in [0.2, 0.25) is 0 Å². The van der Waals surface area contributed by atoms with E-state index in [1.807, 2.05) is 18.2 Å². The number of benzene rings is 1. The molecule has 1 saturated carbocycles. The maximum Gasteiger partial charge on any atom is 0.311 e. The molecule has 1 atom stereocenters. The molecule has 1 N–H and O–H groups in total. The Morgan fingerprint density at radius 3 is 2.76 bits per heavy atom. The average molecular weight is 287 g/mol. The highest BCUT2D eigenvalue weighted by Crippen LogP contribution is 2.40. The second-order valence-corrected chi connectivity index (χ2v) is 6.60. The Hall–Kier alpha value is -1.84. The van der Waals surface area contributed by atoms with E-state index in [2.05, 4.69) is 6.07 Å². The first-order valence-corrected chi connectivity index (χ1v) is 7.62. The summed E-state index contributed by atoms with van der Waals surface area (Å²) in [7, 11) is 0. The lowest BCUT2D eigenvalue weighted by atomic mass is 9.82. The summed E-state index contributed by atoms with van der Waals surface area (Å²) < 4.78 is 0. The van der Waals surface area contributed by atoms with E-state index < -0.39 is 11.4 Å². The third-order valence-electron chi connectivity index (χ3n) is 4.68. The van der Waals surface area contributed by atoms with Gasteiger partial charge in [-0.3, -0.25) is 9.59 Å². The summed E-state index contributed by atoms with van der Waals surface area (Å²) in [5, 5.41) is 9.35. The molecular weight excluding hydrogens is 266 g/mol. The molecule has 1 aliphatic carbocycles. The molecule has 2 fully saturated rings. The van der Waals surface area contributed by atoms with Gasteiger partial charge in [0.2, 0.25) is 0 Å². The zero-order valence-electron chi connectivity index (χ0n) is 12.3. The molecule has 1 heterocycles. The van der Waals surface area contributed by atoms with Gasteiger partial charge in [0.25, 0.3) is 5.91 Å². The zero-order valence-corrected chi connectivity index (χ0v) is 12.3. The molecule has 2 aliphatic rings. The summed E-state index contributed by atoms with van der Waals surface area (Å²) in [5.74, 6) is -0.236. The number of carboxylic acid groups (broad SMARTS) is 1. The topological polar surface area (TPSA) is 57.6 Å². The van der Waals surface area contributed by atoms with E-state index in [0.717, 1.165) is 6.42 Å². The van der Waals surface area contributed by atoms with Crippen molar-refractivity contribution < 1.29 is 14.7 Å². The summed E-state index contributed by atoms with van der Waals surface area (Å²) >= 11 is 0. The number of piperidine rings is 1. The van der Waals surface area contributed by atoms with E-state index >= 15 is 0 Å². The van der Waals surface area contributed by atoms with E-state index in [4.69, 9.17) is 0 Å². The molecule has 112 valence electrons. The third-order valence-corrected chi connectivity index (χ3v) is 4.68. The molecule has 1 aromatic carbocycles. The number of likely N-dealkylation sites (tertiary alicyclic amines) is 1. The second kappa shape index (κ2) is 5.17. The quantitative estimate of drug-likeness (QED) is 0.930. The minimum atomic E-state index is -0.817. The van der Waals surface area contributed by atoms with Crippen LogP contribution in [0.15, 0.2) is 24.3 Å². The van der Waals surface area contributed by atoms with Gasteiger partial charge in [0.15, 0.2) is 0 Å². The van der Waals surface area contributed by atoms with Crippen molar-refractivity contribution in [2.75, 3.05) is 13.1 Å². The molecule has 1 amide bonds. The van der Waals surface area contributed by atoms with Crippen molar-refractivity contribution in [1.82, 2.24) is 4.90 Å². The lowest BCUT2D eigenvalue weighted by Crippen LogP contribution is -2.48. The largest absolute Gasteiger partial charge is 0.481 e. The monoisotopic (exact) mass is 287 g/mol. The number of hydrogen-bond acceptors (Lipinski definition) is 2. The highest BCUT2D eigenvalue weighted by atomic mass is 16.4. The molecular formula is C17H21NO3. The first-order chi connectivity index (χ1) is 9.99. The number of amides is 1. The number of carbonyl (C=O) groups is 2. The summed E-state index contributed by atoms with van der Waals surface area (Å²) in [6.07, 6.45) is 3.79. The standard InChI is InChI=1S/C17H21NO3/c1-17(16(20)21)8-3-9-18(11-17)15(19)14-5-2-4-13(10-14)12-6-7-12/h2,4-5,10,12H,3,6-9,11H2,1H3,(H,20,21). The second-order valence-electron chi connectivity index (χ2n) is 6.60. The van der Waals surface area contributed by atoms with E-state index in [1.165, 1.54) is 18.4 Å². The molecule has 1 saturated heterocycles. The number of carboxylic acids is 1. The SMILES string of the molecule is CC1(C(=O)O)CCCN(C(=O)c2cccc(C3CC3)c2)C1. The van der Waals surface area contributed by atoms with E-state index in [9.17, 15) is 14.7 Å². The highest BCUT2D eigenvalue weighted by Gasteiger charge is 2.39. The number of carbonyl (C=O) groups excluding carboxylic acids is 1. The maximum atomic E-state index is 12.6. The van der Waals surface area contributed by atoms with Gasteiger partial charge in [-0.25, -0.2) is 0 Å². The van der Waals surface area contributed by atoms with Crippen molar-refractivity contribution >= 4 is 11.9 Å². The number of rotatable bonds is 3. The molecule has 1 aromatic rings. The van der Waals surface area contributed by atoms with E-state index in [0.29, 0.717) is 31.0 Å². The minimum Gasteiger partial charge on any atom is -0.481 e. The number of hydrogen-bond donors (Lipinski definition) is 1. The summed E-state index contributed by atoms with van der Waals surface area (Å²) in [4.78, 5) is 25.7. The Morgan fingerprint density at radius 2 is 2.10 bits per heavy atom. The minimum absolute atomic E-state index is 0.0373. The predicted molar refractivity (Wildman–Crippen MR) is 79.3 cm³/mol. The molecule has 4 nitrogen and oxygen atoms in total. The fourth-order valence-electron chi connectivity index (χ4n) is 3.11. The van der Waals surface area contributed by atoms with Crippen molar-refractivity contribution in [2.45, 2.75) is 38.5 Å². The first-order valence-electron chi connectivity index (χ1n) is 7.62. The van der Waals surface area contributed by atoms with Crippen molar-refractivity contribution in [2.24, 2.45) is 5.41 Å². The van der Waals surface area contributed by atoms with Gasteiger partial charge in [0.05, 0.1) is 5.41 Å². The Kier molecular flexibility index (Phi) is 3.47. The van der Waals surface area contributed by atoms with Gasteiger partial charge < -0.3 is 10.0 Å². The lowest BCUT2D eigenvalue weighted by Gasteiger charge is -2.37. The Balaban J connectivity index is 1.78. The molecule has 0 spiro atoms. The van der Waals surface area contributed by atoms with Crippen LogP contribution in [0.1, 0.15) is 54.4 Å². The van der Waals surface area contributed by atoms with Crippen molar-refractivity contribution in [1.29, 1.82) is 0 Å². The van der Waals surface area contributed by atoms with Gasteiger partial charge in [0.1, 0.15) is 0 Å². The van der Waals surface area contributed by atoms with E-state index in [1.54, 1.807) is 11.8 Å². The van der Waals surface area contributed by atoms with Crippen molar-refractivity contribution in [3.05, 3.63) is 35.4 Å². The van der Waals surface area contributed by atoms with Crippen LogP contribution in [0.4, 0.5) is 0 Å². The van der Waals surface area contributed by atoms with Crippen molar-refractivity contribution in [3.8, 4) is 0 Å². The Labute approximate surface area is 124 Å².